The van der Waals surface area contributed by atoms with Crippen molar-refractivity contribution in [3.63, 3.8) is 0 Å². The van der Waals surface area contributed by atoms with Crippen LogP contribution in [0.3, 0.4) is 0 Å². The molecule has 0 aliphatic rings. The molecule has 0 aliphatic carbocycles. The average molecular weight is 232 g/mol. The molecule has 0 aliphatic heterocycles. The Morgan fingerprint density at radius 1 is 1.41 bits per heavy atom. The Morgan fingerprint density at radius 3 is 2.71 bits per heavy atom. The smallest absolute Gasteiger partial charge is 0.226 e. The minimum absolute atomic E-state index is 0.00102. The number of H-pyrrole nitrogens is 1. The van der Waals surface area contributed by atoms with Crippen LogP contribution in [0.4, 0.5) is 5.69 Å². The number of aryl methyl sites for hydroxylation is 2. The summed E-state index contributed by atoms with van der Waals surface area (Å²) in [5.41, 5.74) is 3.06. The molecule has 0 bridgehead atoms. The number of aromatic amines is 1. The van der Waals surface area contributed by atoms with E-state index >= 15 is 0 Å². The Balaban J connectivity index is 1.88. The minimum Gasteiger partial charge on any atom is -0.349 e. The number of nitrogens with one attached hydrogen (secondary N) is 2. The zero-order valence-corrected chi connectivity index (χ0v) is 10.0. The summed E-state index contributed by atoms with van der Waals surface area (Å²) in [5.74, 6) is -0.00102. The molecule has 2 aromatic rings. The lowest BCUT2D eigenvalue weighted by Crippen LogP contribution is -2.15. The van der Waals surface area contributed by atoms with Crippen LogP contribution in [0.15, 0.2) is 24.5 Å². The van der Waals surface area contributed by atoms with E-state index in [9.17, 15) is 4.79 Å². The summed E-state index contributed by atoms with van der Waals surface area (Å²) < 4.78 is 2.13. The number of carbonyl (C=O) groups excluding carboxylic acids is 1. The van der Waals surface area contributed by atoms with Crippen LogP contribution in [0.5, 0.6) is 0 Å². The Bertz CT molecular complexity index is 479. The lowest BCUT2D eigenvalue weighted by atomic mass is 10.3. The molecule has 5 heteroatoms. The number of hydrogen-bond donors (Lipinski definition) is 2. The highest BCUT2D eigenvalue weighted by atomic mass is 16.1. The van der Waals surface area contributed by atoms with Gasteiger partial charge in [0.1, 0.15) is 0 Å². The Morgan fingerprint density at radius 2 is 2.12 bits per heavy atom. The Kier molecular flexibility index (Phi) is 3.27. The molecule has 0 aromatic carbocycles. The standard InChI is InChI=1S/C12H16N4O/c1-9-3-4-10(2)16(9)6-5-12(17)15-11-7-13-14-8-11/h3-4,7-8H,5-6H2,1-2H3,(H,13,14)(H,15,17). The van der Waals surface area contributed by atoms with E-state index in [0.717, 1.165) is 0 Å². The number of amides is 1. The Hall–Kier alpha value is -2.04. The van der Waals surface area contributed by atoms with E-state index < -0.39 is 0 Å². The van der Waals surface area contributed by atoms with Gasteiger partial charge in [-0.15, -0.1) is 0 Å². The van der Waals surface area contributed by atoms with Crippen LogP contribution in [-0.2, 0) is 11.3 Å². The number of rotatable bonds is 4. The second-order valence-electron chi connectivity index (χ2n) is 4.05. The first-order valence-electron chi connectivity index (χ1n) is 5.58. The summed E-state index contributed by atoms with van der Waals surface area (Å²) >= 11 is 0. The van der Waals surface area contributed by atoms with Gasteiger partial charge in [0.15, 0.2) is 0 Å². The maximum absolute atomic E-state index is 11.7. The van der Waals surface area contributed by atoms with Crippen molar-refractivity contribution in [3.05, 3.63) is 35.9 Å². The molecule has 2 aromatic heterocycles. The van der Waals surface area contributed by atoms with E-state index in [2.05, 4.69) is 32.2 Å². The normalized spacial score (nSPS) is 10.5. The quantitative estimate of drug-likeness (QED) is 0.845. The van der Waals surface area contributed by atoms with Crippen LogP contribution >= 0.6 is 0 Å². The van der Waals surface area contributed by atoms with Crippen LogP contribution in [0.2, 0.25) is 0 Å². The molecule has 0 radical (unpaired) electrons. The number of carbonyl (C=O) groups is 1. The molecule has 0 spiro atoms. The molecule has 1 amide bonds. The number of aromatic nitrogens is 3. The van der Waals surface area contributed by atoms with Crippen molar-refractivity contribution in [2.75, 3.05) is 5.32 Å². The predicted molar refractivity (Wildman–Crippen MR) is 65.7 cm³/mol. The van der Waals surface area contributed by atoms with Crippen molar-refractivity contribution in [1.82, 2.24) is 14.8 Å². The van der Waals surface area contributed by atoms with E-state index in [1.807, 2.05) is 13.8 Å². The predicted octanol–water partition coefficient (Wildman–Crippen LogP) is 1.86. The van der Waals surface area contributed by atoms with Crippen molar-refractivity contribution in [3.8, 4) is 0 Å². The zero-order chi connectivity index (χ0) is 12.3. The van der Waals surface area contributed by atoms with Gasteiger partial charge >= 0.3 is 0 Å². The van der Waals surface area contributed by atoms with E-state index in [1.165, 1.54) is 11.4 Å². The second-order valence-corrected chi connectivity index (χ2v) is 4.05. The lowest BCUT2D eigenvalue weighted by molar-refractivity contribution is -0.116. The van der Waals surface area contributed by atoms with Gasteiger partial charge in [-0.2, -0.15) is 5.10 Å². The first-order chi connectivity index (χ1) is 8.16. The molecule has 2 heterocycles. The van der Waals surface area contributed by atoms with Gasteiger partial charge in [-0.25, -0.2) is 0 Å². The number of nitrogens with zero attached hydrogens (tertiary/aromatic N) is 2. The van der Waals surface area contributed by atoms with Gasteiger partial charge in [0, 0.05) is 30.6 Å². The molecule has 2 rings (SSSR count). The molecule has 0 fully saturated rings. The van der Waals surface area contributed by atoms with Crippen molar-refractivity contribution in [2.24, 2.45) is 0 Å². The highest BCUT2D eigenvalue weighted by molar-refractivity contribution is 5.90. The van der Waals surface area contributed by atoms with Gasteiger partial charge in [0.25, 0.3) is 0 Å². The van der Waals surface area contributed by atoms with Gasteiger partial charge in [0.2, 0.25) is 5.91 Å². The topological polar surface area (TPSA) is 62.7 Å². The summed E-state index contributed by atoms with van der Waals surface area (Å²) in [6, 6.07) is 4.12. The summed E-state index contributed by atoms with van der Waals surface area (Å²) in [6.07, 6.45) is 3.70. The molecular formula is C12H16N4O. The first kappa shape index (κ1) is 11.4. The third-order valence-corrected chi connectivity index (χ3v) is 2.76. The highest BCUT2D eigenvalue weighted by Crippen LogP contribution is 2.09. The number of hydrogen-bond acceptors (Lipinski definition) is 2. The zero-order valence-electron chi connectivity index (χ0n) is 10.0. The van der Waals surface area contributed by atoms with Crippen LogP contribution < -0.4 is 5.32 Å². The maximum atomic E-state index is 11.7. The molecule has 90 valence electrons. The third kappa shape index (κ3) is 2.75. The lowest BCUT2D eigenvalue weighted by Gasteiger charge is -2.08. The first-order valence-corrected chi connectivity index (χ1v) is 5.58. The largest absolute Gasteiger partial charge is 0.349 e. The summed E-state index contributed by atoms with van der Waals surface area (Å²) in [7, 11) is 0. The van der Waals surface area contributed by atoms with Crippen LogP contribution in [0, 0.1) is 13.8 Å². The van der Waals surface area contributed by atoms with E-state index in [1.54, 1.807) is 12.4 Å². The van der Waals surface area contributed by atoms with Crippen LogP contribution in [0.1, 0.15) is 17.8 Å². The fraction of sp³-hybridized carbons (Fsp3) is 0.333. The molecule has 0 atom stereocenters. The third-order valence-electron chi connectivity index (χ3n) is 2.76. The molecule has 0 saturated carbocycles. The maximum Gasteiger partial charge on any atom is 0.226 e. The van der Waals surface area contributed by atoms with Crippen molar-refractivity contribution in [1.29, 1.82) is 0 Å². The van der Waals surface area contributed by atoms with Crippen molar-refractivity contribution < 1.29 is 4.79 Å². The van der Waals surface area contributed by atoms with Crippen molar-refractivity contribution in [2.45, 2.75) is 26.8 Å². The van der Waals surface area contributed by atoms with Gasteiger partial charge in [-0.3, -0.25) is 9.89 Å². The molecule has 5 nitrogen and oxygen atoms in total. The molecule has 0 saturated heterocycles. The van der Waals surface area contributed by atoms with Crippen molar-refractivity contribution >= 4 is 11.6 Å². The van der Waals surface area contributed by atoms with Gasteiger partial charge < -0.3 is 9.88 Å². The summed E-state index contributed by atoms with van der Waals surface area (Å²) in [6.45, 7) is 4.79. The molecule has 17 heavy (non-hydrogen) atoms. The summed E-state index contributed by atoms with van der Waals surface area (Å²) in [5, 5.41) is 9.20. The van der Waals surface area contributed by atoms with E-state index in [0.29, 0.717) is 18.7 Å². The molecular weight excluding hydrogens is 216 g/mol. The SMILES string of the molecule is Cc1ccc(C)n1CCC(=O)Nc1cn[nH]c1. The highest BCUT2D eigenvalue weighted by Gasteiger charge is 2.06. The molecule has 0 unspecified atom stereocenters. The van der Waals surface area contributed by atoms with E-state index in [4.69, 9.17) is 0 Å². The summed E-state index contributed by atoms with van der Waals surface area (Å²) in [4.78, 5) is 11.7. The van der Waals surface area contributed by atoms with E-state index in [-0.39, 0.29) is 5.91 Å². The monoisotopic (exact) mass is 232 g/mol. The fourth-order valence-corrected chi connectivity index (χ4v) is 1.81. The van der Waals surface area contributed by atoms with Gasteiger partial charge in [-0.05, 0) is 26.0 Å². The van der Waals surface area contributed by atoms with Gasteiger partial charge in [-0.1, -0.05) is 0 Å². The second kappa shape index (κ2) is 4.86. The minimum atomic E-state index is -0.00102. The number of anilines is 1. The average Bonchev–Trinajstić information content (AvgIpc) is 2.88. The van der Waals surface area contributed by atoms with Crippen LogP contribution in [0.25, 0.3) is 0 Å². The fourth-order valence-electron chi connectivity index (χ4n) is 1.81. The Labute approximate surface area is 99.8 Å². The molecule has 2 N–H and O–H groups in total. The van der Waals surface area contributed by atoms with Gasteiger partial charge in [0.05, 0.1) is 11.9 Å². The van der Waals surface area contributed by atoms with Crippen LogP contribution in [-0.4, -0.2) is 20.7 Å².